The number of hydrogen-bond acceptors (Lipinski definition) is 0. The molecule has 0 aliphatic carbocycles. The van der Waals surface area contributed by atoms with E-state index in [9.17, 15) is 0 Å². The molecule has 24 heavy (non-hydrogen) atoms. The Morgan fingerprint density at radius 2 is 0.542 bits per heavy atom. The van der Waals surface area contributed by atoms with Gasteiger partial charge in [-0.1, -0.05) is 146 Å². The van der Waals surface area contributed by atoms with Crippen molar-refractivity contribution in [2.75, 3.05) is 0 Å². The quantitative estimate of drug-likeness (QED) is 0.288. The number of halogens is 12. The van der Waals surface area contributed by atoms with Crippen molar-refractivity contribution >= 4 is 139 Å². The fourth-order valence-corrected chi connectivity index (χ4v) is 3.18. The molecule has 134 valence electrons. The lowest BCUT2D eigenvalue weighted by molar-refractivity contribution is 1.62. The van der Waals surface area contributed by atoms with Crippen LogP contribution in [-0.2, 0) is 0 Å². The van der Waals surface area contributed by atoms with Gasteiger partial charge in [-0.15, -0.1) is 0 Å². The average Bonchev–Trinajstić information content (AvgIpc) is 2.55. The minimum absolute atomic E-state index is 0.0647. The standard InChI is InChI=1S/C12H2Cl12/c1-2(13)3(14)4(15)5(16)6(17)7(18)8(19)9(20)10(21)11(22)12(23)24/h1H2. The van der Waals surface area contributed by atoms with Crippen molar-refractivity contribution in [3.8, 4) is 0 Å². The maximum atomic E-state index is 6.02. The monoisotopic (exact) mass is 566 g/mol. The highest BCUT2D eigenvalue weighted by atomic mass is 35.5. The molecule has 0 radical (unpaired) electrons. The first-order chi connectivity index (χ1) is 10.8. The van der Waals surface area contributed by atoms with E-state index in [0.29, 0.717) is 0 Å². The molecule has 0 fully saturated rings. The van der Waals surface area contributed by atoms with Crippen LogP contribution < -0.4 is 0 Å². The molecule has 0 unspecified atom stereocenters. The van der Waals surface area contributed by atoms with Gasteiger partial charge in [0.1, 0.15) is 4.49 Å². The van der Waals surface area contributed by atoms with E-state index in [4.69, 9.17) is 139 Å². The molecule has 0 amide bonds. The van der Waals surface area contributed by atoms with Crippen LogP contribution in [-0.4, -0.2) is 0 Å². The van der Waals surface area contributed by atoms with Crippen molar-refractivity contribution in [1.82, 2.24) is 0 Å². The van der Waals surface area contributed by atoms with E-state index in [1.54, 1.807) is 0 Å². The zero-order valence-corrected chi connectivity index (χ0v) is 19.8. The van der Waals surface area contributed by atoms with Gasteiger partial charge in [0.05, 0.1) is 50.3 Å². The van der Waals surface area contributed by atoms with Crippen LogP contribution in [0, 0.1) is 0 Å². The van der Waals surface area contributed by atoms with Gasteiger partial charge < -0.3 is 0 Å². The molecule has 0 aliphatic heterocycles. The Kier molecular flexibility index (Phi) is 12.6. The van der Waals surface area contributed by atoms with Gasteiger partial charge in [-0.05, 0) is 0 Å². The fourth-order valence-electron chi connectivity index (χ4n) is 0.877. The highest BCUT2D eigenvalue weighted by Gasteiger charge is 2.20. The molecule has 0 saturated heterocycles. The lowest BCUT2D eigenvalue weighted by Gasteiger charge is -2.08. The Labute approximate surface area is 198 Å². The largest absolute Gasteiger partial charge is 0.126 e. The van der Waals surface area contributed by atoms with Gasteiger partial charge in [-0.2, -0.15) is 0 Å². The molecule has 0 aromatic rings. The average molecular weight is 572 g/mol. The number of rotatable bonds is 5. The van der Waals surface area contributed by atoms with Crippen molar-refractivity contribution in [2.45, 2.75) is 0 Å². The molecule has 0 aromatic heterocycles. The molecule has 0 nitrogen and oxygen atoms in total. The lowest BCUT2D eigenvalue weighted by atomic mass is 10.3. The van der Waals surface area contributed by atoms with Crippen LogP contribution in [0.5, 0.6) is 0 Å². The molecule has 0 heterocycles. The third-order valence-electron chi connectivity index (χ3n) is 1.95. The van der Waals surface area contributed by atoms with Crippen molar-refractivity contribution in [1.29, 1.82) is 0 Å². The highest BCUT2D eigenvalue weighted by Crippen LogP contribution is 2.42. The van der Waals surface area contributed by atoms with Crippen LogP contribution >= 0.6 is 139 Å². The molecule has 0 bridgehead atoms. The molecular formula is C12H2Cl12. The number of hydrogen-bond donors (Lipinski definition) is 0. The maximum Gasteiger partial charge on any atom is 0.126 e. The molecule has 0 aromatic carbocycles. The van der Waals surface area contributed by atoms with E-state index in [0.717, 1.165) is 0 Å². The van der Waals surface area contributed by atoms with Crippen LogP contribution in [0.4, 0.5) is 0 Å². The summed E-state index contributed by atoms with van der Waals surface area (Å²) in [5.41, 5.74) is 0. The van der Waals surface area contributed by atoms with E-state index >= 15 is 0 Å². The smallest absolute Gasteiger partial charge is 0.0833 e. The van der Waals surface area contributed by atoms with Crippen LogP contribution in [0.2, 0.25) is 0 Å². The molecule has 0 saturated carbocycles. The van der Waals surface area contributed by atoms with Crippen molar-refractivity contribution in [2.24, 2.45) is 0 Å². The first-order valence-electron chi connectivity index (χ1n) is 5.12. The van der Waals surface area contributed by atoms with Crippen molar-refractivity contribution < 1.29 is 0 Å². The lowest BCUT2D eigenvalue weighted by Crippen LogP contribution is -1.89. The molecule has 0 aliphatic rings. The third kappa shape index (κ3) is 7.15. The van der Waals surface area contributed by atoms with Crippen LogP contribution in [0.15, 0.2) is 61.4 Å². The second kappa shape index (κ2) is 11.7. The second-order valence-corrected chi connectivity index (χ2v) is 8.30. The molecule has 0 spiro atoms. The van der Waals surface area contributed by atoms with Gasteiger partial charge in [-0.25, -0.2) is 0 Å². The molecule has 0 atom stereocenters. The Balaban J connectivity index is 6.29. The van der Waals surface area contributed by atoms with Crippen molar-refractivity contribution in [3.63, 3.8) is 0 Å². The summed E-state index contributed by atoms with van der Waals surface area (Å²) in [6.45, 7) is 3.39. The number of allylic oxidation sites excluding steroid dienone is 10. The van der Waals surface area contributed by atoms with Crippen molar-refractivity contribution in [3.05, 3.63) is 61.4 Å². The Morgan fingerprint density at radius 1 is 0.333 bits per heavy atom. The third-order valence-corrected chi connectivity index (χ3v) is 7.02. The first kappa shape index (κ1) is 25.9. The van der Waals surface area contributed by atoms with Gasteiger partial charge in [0.15, 0.2) is 0 Å². The van der Waals surface area contributed by atoms with E-state index in [2.05, 4.69) is 6.58 Å². The first-order valence-corrected chi connectivity index (χ1v) is 9.66. The van der Waals surface area contributed by atoms with Gasteiger partial charge in [-0.3, -0.25) is 0 Å². The molecule has 0 N–H and O–H groups in total. The Morgan fingerprint density at radius 3 is 0.750 bits per heavy atom. The highest BCUT2D eigenvalue weighted by molar-refractivity contribution is 6.63. The Hall–Kier alpha value is 1.92. The summed E-state index contributed by atoms with van der Waals surface area (Å²) in [6.07, 6.45) is 0. The van der Waals surface area contributed by atoms with E-state index in [1.807, 2.05) is 0 Å². The SMILES string of the molecule is C=C(Cl)C(Cl)=C(Cl)C(Cl)=C(Cl)C(Cl)=C(Cl)C(Cl)=C(Cl)C(Cl)=C(Cl)Cl. The summed E-state index contributed by atoms with van der Waals surface area (Å²) in [7, 11) is 0. The van der Waals surface area contributed by atoms with Crippen LogP contribution in [0.3, 0.4) is 0 Å². The zero-order chi connectivity index (χ0) is 19.4. The predicted octanol–water partition coefficient (Wildman–Crippen LogP) is 10.4. The van der Waals surface area contributed by atoms with Crippen LogP contribution in [0.1, 0.15) is 0 Å². The maximum absolute atomic E-state index is 6.02. The van der Waals surface area contributed by atoms with E-state index in [-0.39, 0.29) is 54.8 Å². The van der Waals surface area contributed by atoms with E-state index < -0.39 is 0 Å². The van der Waals surface area contributed by atoms with Gasteiger partial charge in [0.2, 0.25) is 0 Å². The molecule has 0 rings (SSSR count). The van der Waals surface area contributed by atoms with Gasteiger partial charge in [0.25, 0.3) is 0 Å². The molecule has 12 heteroatoms. The topological polar surface area (TPSA) is 0 Å². The minimum Gasteiger partial charge on any atom is -0.0833 e. The normalized spacial score (nSPS) is 15.8. The summed E-state index contributed by atoms with van der Waals surface area (Å²) >= 11 is 70.0. The zero-order valence-electron chi connectivity index (χ0n) is 10.7. The van der Waals surface area contributed by atoms with Gasteiger partial charge >= 0.3 is 0 Å². The fraction of sp³-hybridized carbons (Fsp3) is 0. The summed E-state index contributed by atoms with van der Waals surface area (Å²) in [4.78, 5) is 0. The summed E-state index contributed by atoms with van der Waals surface area (Å²) in [6, 6.07) is 0. The summed E-state index contributed by atoms with van der Waals surface area (Å²) < 4.78 is -0.335. The van der Waals surface area contributed by atoms with Crippen LogP contribution in [0.25, 0.3) is 0 Å². The summed E-state index contributed by atoms with van der Waals surface area (Å²) in [5.74, 6) is 0. The predicted molar refractivity (Wildman–Crippen MR) is 115 cm³/mol. The minimum atomic E-state index is -0.335. The summed E-state index contributed by atoms with van der Waals surface area (Å²) in [5, 5.41) is -2.37. The second-order valence-electron chi connectivity index (χ2n) is 3.49. The van der Waals surface area contributed by atoms with E-state index in [1.165, 1.54) is 0 Å². The van der Waals surface area contributed by atoms with Gasteiger partial charge in [0, 0.05) is 0 Å². The molecular weight excluding hydrogens is 570 g/mol. The Bertz CT molecular complexity index is 700.